The molecule has 11 heteroatoms. The van der Waals surface area contributed by atoms with Crippen LogP contribution in [0.3, 0.4) is 0 Å². The minimum atomic E-state index is 0.358. The molecule has 0 aromatic carbocycles. The molecular weight excluding hydrogens is 416 g/mol. The van der Waals surface area contributed by atoms with Crippen LogP contribution in [0.15, 0.2) is 20.2 Å². The molecule has 2 aromatic heterocycles. The molecule has 3 heterocycles. The molecule has 0 unspecified atom stereocenters. The van der Waals surface area contributed by atoms with Gasteiger partial charge in [0, 0.05) is 32.7 Å². The van der Waals surface area contributed by atoms with Gasteiger partial charge in [-0.3, -0.25) is 0 Å². The highest BCUT2D eigenvalue weighted by molar-refractivity contribution is 9.10. The number of aryl methyl sites for hydroxylation is 1. The van der Waals surface area contributed by atoms with Crippen molar-refractivity contribution in [3.8, 4) is 5.88 Å². The number of aliphatic imine (C=N–C) groups is 1. The highest BCUT2D eigenvalue weighted by Gasteiger charge is 2.22. The Balaban J connectivity index is 1.63. The van der Waals surface area contributed by atoms with Gasteiger partial charge in [0.25, 0.3) is 0 Å². The van der Waals surface area contributed by atoms with Crippen molar-refractivity contribution in [2.24, 2.45) is 4.99 Å². The predicted molar refractivity (Wildman–Crippen MR) is 104 cm³/mol. The maximum Gasteiger partial charge on any atom is 0.248 e. The molecule has 0 saturated carbocycles. The van der Waals surface area contributed by atoms with Gasteiger partial charge in [-0.15, -0.1) is 0 Å². The third-order valence-electron chi connectivity index (χ3n) is 4.02. The molecule has 3 rings (SSSR count). The van der Waals surface area contributed by atoms with Crippen LogP contribution in [-0.4, -0.2) is 70.8 Å². The van der Waals surface area contributed by atoms with Crippen LogP contribution in [0, 0.1) is 6.92 Å². The summed E-state index contributed by atoms with van der Waals surface area (Å²) in [6.45, 7) is 8.16. The normalized spacial score (nSPS) is 15.2. The Labute approximate surface area is 166 Å². The van der Waals surface area contributed by atoms with E-state index in [0.29, 0.717) is 30.1 Å². The quantitative estimate of drug-likeness (QED) is 0.544. The van der Waals surface area contributed by atoms with Gasteiger partial charge in [-0.1, -0.05) is 5.16 Å². The van der Waals surface area contributed by atoms with E-state index in [2.05, 4.69) is 56.1 Å². The van der Waals surface area contributed by atoms with Crippen molar-refractivity contribution in [3.05, 3.63) is 22.4 Å². The van der Waals surface area contributed by atoms with E-state index in [1.807, 2.05) is 6.92 Å². The molecule has 146 valence electrons. The van der Waals surface area contributed by atoms with Gasteiger partial charge in [0.05, 0.1) is 17.8 Å². The number of piperazine rings is 1. The Hall–Kier alpha value is -2.43. The van der Waals surface area contributed by atoms with Crippen molar-refractivity contribution in [1.82, 2.24) is 30.3 Å². The summed E-state index contributed by atoms with van der Waals surface area (Å²) in [5.74, 6) is 3.16. The average Bonchev–Trinajstić information content (AvgIpc) is 3.11. The van der Waals surface area contributed by atoms with Gasteiger partial charge in [-0.05, 0) is 29.8 Å². The summed E-state index contributed by atoms with van der Waals surface area (Å²) in [4.78, 5) is 22.0. The summed E-state index contributed by atoms with van der Waals surface area (Å²) >= 11 is 3.38. The second-order valence-electron chi connectivity index (χ2n) is 5.91. The standard InChI is InChI=1S/C16H23BrN8O2/c1-4-18-15(20-10-13-21-11(2)23-27-13)24-5-7-25(8-6-24)16-19-9-12(17)14(22-16)26-3/h9H,4-8,10H2,1-3H3,(H,18,20). The van der Waals surface area contributed by atoms with Gasteiger partial charge in [-0.2, -0.15) is 9.97 Å². The molecule has 0 bridgehead atoms. The van der Waals surface area contributed by atoms with Crippen LogP contribution in [0.25, 0.3) is 0 Å². The molecule has 0 spiro atoms. The lowest BCUT2D eigenvalue weighted by molar-refractivity contribution is 0.360. The monoisotopic (exact) mass is 438 g/mol. The SMILES string of the molecule is CCNC(=NCc1nc(C)no1)N1CCN(c2ncc(Br)c(OC)n2)CC1. The predicted octanol–water partition coefficient (Wildman–Crippen LogP) is 1.23. The number of halogens is 1. The summed E-state index contributed by atoms with van der Waals surface area (Å²) in [7, 11) is 1.60. The zero-order valence-corrected chi connectivity index (χ0v) is 17.2. The lowest BCUT2D eigenvalue weighted by atomic mass is 10.3. The van der Waals surface area contributed by atoms with Gasteiger partial charge in [0.15, 0.2) is 11.8 Å². The number of hydrogen-bond donors (Lipinski definition) is 1. The first-order chi connectivity index (χ1) is 13.1. The minimum Gasteiger partial charge on any atom is -0.480 e. The van der Waals surface area contributed by atoms with E-state index in [9.17, 15) is 0 Å². The highest BCUT2D eigenvalue weighted by Crippen LogP contribution is 2.23. The Bertz CT molecular complexity index is 788. The molecule has 0 radical (unpaired) electrons. The molecule has 0 amide bonds. The van der Waals surface area contributed by atoms with Gasteiger partial charge < -0.3 is 24.4 Å². The number of nitrogens with zero attached hydrogens (tertiary/aromatic N) is 7. The minimum absolute atomic E-state index is 0.358. The number of ether oxygens (including phenoxy) is 1. The Morgan fingerprint density at radius 1 is 1.33 bits per heavy atom. The maximum atomic E-state index is 5.26. The van der Waals surface area contributed by atoms with E-state index in [1.165, 1.54) is 0 Å². The fourth-order valence-electron chi connectivity index (χ4n) is 2.73. The third-order valence-corrected chi connectivity index (χ3v) is 4.57. The largest absolute Gasteiger partial charge is 0.480 e. The molecule has 27 heavy (non-hydrogen) atoms. The van der Waals surface area contributed by atoms with E-state index in [4.69, 9.17) is 9.26 Å². The zero-order chi connectivity index (χ0) is 19.2. The second-order valence-corrected chi connectivity index (χ2v) is 6.76. The number of aromatic nitrogens is 4. The summed E-state index contributed by atoms with van der Waals surface area (Å²) in [5.41, 5.74) is 0. The van der Waals surface area contributed by atoms with Crippen molar-refractivity contribution in [2.75, 3.05) is 44.7 Å². The first kappa shape index (κ1) is 19.3. The molecule has 10 nitrogen and oxygen atoms in total. The van der Waals surface area contributed by atoms with Crippen LogP contribution in [0.1, 0.15) is 18.6 Å². The highest BCUT2D eigenvalue weighted by atomic mass is 79.9. The third kappa shape index (κ3) is 4.85. The zero-order valence-electron chi connectivity index (χ0n) is 15.6. The molecule has 1 N–H and O–H groups in total. The number of anilines is 1. The number of rotatable bonds is 5. The van der Waals surface area contributed by atoms with E-state index >= 15 is 0 Å². The summed E-state index contributed by atoms with van der Waals surface area (Å²) in [6.07, 6.45) is 1.71. The van der Waals surface area contributed by atoms with Gasteiger partial charge in [0.2, 0.25) is 17.7 Å². The Morgan fingerprint density at radius 2 is 2.11 bits per heavy atom. The Kier molecular flexibility index (Phi) is 6.43. The van der Waals surface area contributed by atoms with Crippen molar-refractivity contribution >= 4 is 27.8 Å². The van der Waals surface area contributed by atoms with Gasteiger partial charge in [0.1, 0.15) is 6.54 Å². The fourth-order valence-corrected chi connectivity index (χ4v) is 3.08. The van der Waals surface area contributed by atoms with E-state index in [0.717, 1.165) is 43.2 Å². The smallest absolute Gasteiger partial charge is 0.248 e. The fraction of sp³-hybridized carbons (Fsp3) is 0.562. The van der Waals surface area contributed by atoms with E-state index in [1.54, 1.807) is 20.2 Å². The molecule has 1 aliphatic heterocycles. The van der Waals surface area contributed by atoms with E-state index < -0.39 is 0 Å². The van der Waals surface area contributed by atoms with Crippen molar-refractivity contribution in [1.29, 1.82) is 0 Å². The van der Waals surface area contributed by atoms with Crippen LogP contribution in [0.4, 0.5) is 5.95 Å². The van der Waals surface area contributed by atoms with Crippen molar-refractivity contribution < 1.29 is 9.26 Å². The molecule has 2 aromatic rings. The summed E-state index contributed by atoms with van der Waals surface area (Å²) in [5, 5.41) is 7.11. The Morgan fingerprint density at radius 3 is 2.74 bits per heavy atom. The number of nitrogens with one attached hydrogen (secondary N) is 1. The molecule has 1 fully saturated rings. The lowest BCUT2D eigenvalue weighted by Gasteiger charge is -2.36. The summed E-state index contributed by atoms with van der Waals surface area (Å²) in [6, 6.07) is 0. The van der Waals surface area contributed by atoms with Crippen LogP contribution in [0.2, 0.25) is 0 Å². The van der Waals surface area contributed by atoms with Crippen LogP contribution < -0.4 is 15.0 Å². The molecule has 0 atom stereocenters. The first-order valence-electron chi connectivity index (χ1n) is 8.74. The van der Waals surface area contributed by atoms with Gasteiger partial charge in [-0.25, -0.2) is 9.98 Å². The topological polar surface area (TPSA) is 105 Å². The van der Waals surface area contributed by atoms with Crippen molar-refractivity contribution in [3.63, 3.8) is 0 Å². The van der Waals surface area contributed by atoms with Crippen molar-refractivity contribution in [2.45, 2.75) is 20.4 Å². The number of guanidine groups is 1. The van der Waals surface area contributed by atoms with E-state index in [-0.39, 0.29) is 0 Å². The van der Waals surface area contributed by atoms with Gasteiger partial charge >= 0.3 is 0 Å². The summed E-state index contributed by atoms with van der Waals surface area (Å²) < 4.78 is 11.1. The molecule has 0 aliphatic carbocycles. The average molecular weight is 439 g/mol. The maximum absolute atomic E-state index is 5.26. The first-order valence-corrected chi connectivity index (χ1v) is 9.54. The number of hydrogen-bond acceptors (Lipinski definition) is 8. The molecular formula is C16H23BrN8O2. The number of methoxy groups -OCH3 is 1. The second kappa shape index (κ2) is 8.98. The van der Waals surface area contributed by atoms with Crippen LogP contribution >= 0.6 is 15.9 Å². The molecule has 1 aliphatic rings. The van der Waals surface area contributed by atoms with Crippen LogP contribution in [0.5, 0.6) is 5.88 Å². The lowest BCUT2D eigenvalue weighted by Crippen LogP contribution is -2.53. The molecule has 1 saturated heterocycles. The van der Waals surface area contributed by atoms with Crippen LogP contribution in [-0.2, 0) is 6.54 Å².